The number of carboxylic acid groups (broad SMARTS) is 1. The molecule has 0 aliphatic rings. The summed E-state index contributed by atoms with van der Waals surface area (Å²) in [5.74, 6) is -0.901. The second-order valence-electron chi connectivity index (χ2n) is 8.54. The summed E-state index contributed by atoms with van der Waals surface area (Å²) >= 11 is 0. The van der Waals surface area contributed by atoms with E-state index in [0.29, 0.717) is 18.8 Å². The van der Waals surface area contributed by atoms with Crippen molar-refractivity contribution in [2.45, 2.75) is 33.4 Å². The number of aryl methyl sites for hydroxylation is 2. The van der Waals surface area contributed by atoms with E-state index in [4.69, 9.17) is 0 Å². The predicted molar refractivity (Wildman–Crippen MR) is 136 cm³/mol. The average molecular weight is 439 g/mol. The van der Waals surface area contributed by atoms with Crippen LogP contribution in [0.5, 0.6) is 0 Å². The van der Waals surface area contributed by atoms with Crippen LogP contribution < -0.4 is 5.32 Å². The van der Waals surface area contributed by atoms with Crippen LogP contribution in [0.4, 0.5) is 0 Å². The monoisotopic (exact) mass is 438 g/mol. The predicted octanol–water partition coefficient (Wildman–Crippen LogP) is 5.98. The first-order valence-corrected chi connectivity index (χ1v) is 11.3. The molecule has 0 bridgehead atoms. The van der Waals surface area contributed by atoms with E-state index < -0.39 is 5.97 Å². The van der Waals surface area contributed by atoms with Crippen molar-refractivity contribution in [1.82, 2.24) is 9.88 Å². The van der Waals surface area contributed by atoms with E-state index in [1.807, 2.05) is 60.0 Å². The fourth-order valence-electron chi connectivity index (χ4n) is 4.39. The molecule has 4 aromatic rings. The summed E-state index contributed by atoms with van der Waals surface area (Å²) in [5, 5.41) is 14.7. The lowest BCUT2D eigenvalue weighted by molar-refractivity contribution is 0.0684. The highest BCUT2D eigenvalue weighted by Crippen LogP contribution is 2.29. The van der Waals surface area contributed by atoms with Crippen LogP contribution in [0.15, 0.2) is 73.3 Å². The first-order valence-electron chi connectivity index (χ1n) is 11.3. The van der Waals surface area contributed by atoms with E-state index in [2.05, 4.69) is 43.1 Å². The minimum atomic E-state index is -0.901. The van der Waals surface area contributed by atoms with Gasteiger partial charge in [0, 0.05) is 29.6 Å². The number of hydrogen-bond acceptors (Lipinski definition) is 2. The van der Waals surface area contributed by atoms with Gasteiger partial charge in [0.1, 0.15) is 5.69 Å². The number of aromatic carboxylic acids is 1. The molecule has 2 N–H and O–H groups in total. The van der Waals surface area contributed by atoms with Gasteiger partial charge >= 0.3 is 5.97 Å². The van der Waals surface area contributed by atoms with Crippen molar-refractivity contribution in [2.75, 3.05) is 6.54 Å². The molecule has 0 saturated heterocycles. The third-order valence-electron chi connectivity index (χ3n) is 6.22. The molecule has 0 atom stereocenters. The Morgan fingerprint density at radius 1 is 1.06 bits per heavy atom. The topological polar surface area (TPSA) is 54.3 Å². The van der Waals surface area contributed by atoms with Crippen molar-refractivity contribution in [3.8, 4) is 0 Å². The Labute approximate surface area is 195 Å². The summed E-state index contributed by atoms with van der Waals surface area (Å²) in [6.45, 7) is 9.76. The molecule has 0 saturated carbocycles. The van der Waals surface area contributed by atoms with Gasteiger partial charge in [-0.3, -0.25) is 0 Å². The van der Waals surface area contributed by atoms with Gasteiger partial charge in [-0.25, -0.2) is 4.79 Å². The second-order valence-corrected chi connectivity index (χ2v) is 8.54. The van der Waals surface area contributed by atoms with E-state index in [9.17, 15) is 9.90 Å². The van der Waals surface area contributed by atoms with Crippen LogP contribution >= 0.6 is 0 Å². The molecule has 0 radical (unpaired) electrons. The fourth-order valence-corrected chi connectivity index (χ4v) is 4.39. The number of nitrogens with zero attached hydrogens (tertiary/aromatic N) is 1. The van der Waals surface area contributed by atoms with Gasteiger partial charge in [0.2, 0.25) is 0 Å². The van der Waals surface area contributed by atoms with Crippen LogP contribution in [0, 0.1) is 13.8 Å². The number of benzene rings is 3. The van der Waals surface area contributed by atoms with Gasteiger partial charge < -0.3 is 15.0 Å². The molecular formula is C29H30N2O2. The van der Waals surface area contributed by atoms with Gasteiger partial charge in [0.15, 0.2) is 0 Å². The van der Waals surface area contributed by atoms with Gasteiger partial charge in [0.05, 0.1) is 0 Å². The summed E-state index contributed by atoms with van der Waals surface area (Å²) < 4.78 is 1.94. The molecule has 1 aromatic heterocycles. The zero-order chi connectivity index (χ0) is 23.4. The molecule has 4 nitrogen and oxygen atoms in total. The minimum absolute atomic E-state index is 0.354. The third kappa shape index (κ3) is 4.91. The van der Waals surface area contributed by atoms with Crippen LogP contribution in [0.1, 0.15) is 43.9 Å². The maximum Gasteiger partial charge on any atom is 0.352 e. The highest BCUT2D eigenvalue weighted by molar-refractivity contribution is 5.98. The van der Waals surface area contributed by atoms with Crippen molar-refractivity contribution < 1.29 is 9.90 Å². The number of carbonyl (C=O) groups is 1. The Bertz CT molecular complexity index is 1300. The lowest BCUT2D eigenvalue weighted by atomic mass is 10.1. The lowest BCUT2D eigenvalue weighted by Gasteiger charge is -2.11. The van der Waals surface area contributed by atoms with Crippen LogP contribution in [0.2, 0.25) is 0 Å². The largest absolute Gasteiger partial charge is 0.477 e. The van der Waals surface area contributed by atoms with Crippen molar-refractivity contribution in [2.24, 2.45) is 0 Å². The van der Waals surface area contributed by atoms with Gasteiger partial charge in [-0.1, -0.05) is 73.3 Å². The smallest absolute Gasteiger partial charge is 0.352 e. The maximum atomic E-state index is 12.4. The van der Waals surface area contributed by atoms with Crippen LogP contribution in [-0.2, 0) is 19.5 Å². The number of fused-ring (bicyclic) bond motifs is 1. The molecule has 0 aliphatic carbocycles. The number of carboxylic acids is 1. The van der Waals surface area contributed by atoms with Crippen LogP contribution in [-0.4, -0.2) is 22.2 Å². The Morgan fingerprint density at radius 2 is 1.82 bits per heavy atom. The first kappa shape index (κ1) is 22.6. The zero-order valence-corrected chi connectivity index (χ0v) is 19.3. The number of nitrogens with one attached hydrogen (secondary N) is 1. The van der Waals surface area contributed by atoms with E-state index in [1.54, 1.807) is 0 Å². The molecule has 33 heavy (non-hydrogen) atoms. The Kier molecular flexibility index (Phi) is 6.76. The van der Waals surface area contributed by atoms with Crippen molar-refractivity contribution in [1.29, 1.82) is 0 Å². The van der Waals surface area contributed by atoms with E-state index >= 15 is 0 Å². The van der Waals surface area contributed by atoms with Gasteiger partial charge in [-0.05, 0) is 60.7 Å². The summed E-state index contributed by atoms with van der Waals surface area (Å²) in [6.07, 6.45) is 2.71. The summed E-state index contributed by atoms with van der Waals surface area (Å²) in [4.78, 5) is 12.4. The zero-order valence-electron chi connectivity index (χ0n) is 19.3. The molecule has 0 aliphatic heterocycles. The maximum absolute atomic E-state index is 12.4. The fraction of sp³-hybridized carbons (Fsp3) is 0.207. The minimum Gasteiger partial charge on any atom is -0.477 e. The molecule has 0 unspecified atom stereocenters. The summed E-state index contributed by atoms with van der Waals surface area (Å²) in [5.41, 5.74) is 7.95. The summed E-state index contributed by atoms with van der Waals surface area (Å²) in [6, 6.07) is 22.6. The normalized spacial score (nSPS) is 11.1. The second kappa shape index (κ2) is 9.88. The molecule has 1 heterocycles. The van der Waals surface area contributed by atoms with Gasteiger partial charge in [-0.15, -0.1) is 0 Å². The molecule has 168 valence electrons. The Balaban J connectivity index is 1.65. The van der Waals surface area contributed by atoms with E-state index in [0.717, 1.165) is 46.1 Å². The molecule has 4 rings (SSSR count). The molecule has 0 fully saturated rings. The molecular weight excluding hydrogens is 408 g/mol. The van der Waals surface area contributed by atoms with E-state index in [1.165, 1.54) is 11.1 Å². The van der Waals surface area contributed by atoms with E-state index in [-0.39, 0.29) is 0 Å². The van der Waals surface area contributed by atoms with Crippen LogP contribution in [0.25, 0.3) is 17.0 Å². The lowest BCUT2D eigenvalue weighted by Crippen LogP contribution is -2.19. The molecule has 4 heteroatoms. The highest BCUT2D eigenvalue weighted by atomic mass is 16.4. The molecule has 3 aromatic carbocycles. The first-order chi connectivity index (χ1) is 16.0. The molecule has 0 spiro atoms. The molecule has 0 amide bonds. The number of rotatable bonds is 9. The van der Waals surface area contributed by atoms with Crippen LogP contribution in [0.3, 0.4) is 0 Å². The third-order valence-corrected chi connectivity index (χ3v) is 6.22. The summed E-state index contributed by atoms with van der Waals surface area (Å²) in [7, 11) is 0. The van der Waals surface area contributed by atoms with Crippen molar-refractivity contribution in [3.63, 3.8) is 0 Å². The van der Waals surface area contributed by atoms with Gasteiger partial charge in [-0.2, -0.15) is 0 Å². The Hall–Kier alpha value is -3.63. The number of hydrogen-bond donors (Lipinski definition) is 2. The average Bonchev–Trinajstić information content (AvgIpc) is 3.11. The standard InChI is InChI=1S/C29H30N2O2/c1-4-22-10-12-23(13-11-22)19-31-27-17-20(2)9-14-25(27)26(28(31)29(32)33)18-30-16-15-24-8-6-5-7-21(24)3/h4-14,17,30H,1,15-16,18-19H2,2-3H3,(H,32,33). The number of aromatic nitrogens is 1. The SMILES string of the molecule is C=Cc1ccc(Cn2c(C(=O)O)c(CNCCc3ccccc3C)c3ccc(C)cc32)cc1. The highest BCUT2D eigenvalue weighted by Gasteiger charge is 2.22. The van der Waals surface area contributed by atoms with Crippen molar-refractivity contribution in [3.05, 3.63) is 112 Å². The quantitative estimate of drug-likeness (QED) is 0.316. The Morgan fingerprint density at radius 3 is 2.52 bits per heavy atom. The van der Waals surface area contributed by atoms with Gasteiger partial charge in [0.25, 0.3) is 0 Å². The van der Waals surface area contributed by atoms with Crippen molar-refractivity contribution >= 4 is 22.9 Å².